The fourth-order valence-corrected chi connectivity index (χ4v) is 4.42. The highest BCUT2D eigenvalue weighted by Gasteiger charge is 2.62. The largest absolute Gasteiger partial charge is 0.505 e. The molecule has 31 heavy (non-hydrogen) atoms. The number of rotatable bonds is 3. The summed E-state index contributed by atoms with van der Waals surface area (Å²) in [6.07, 6.45) is -5.57. The van der Waals surface area contributed by atoms with Crippen molar-refractivity contribution in [1.29, 1.82) is 0 Å². The van der Waals surface area contributed by atoms with Crippen LogP contribution in [0.5, 0.6) is 5.75 Å². The topological polar surface area (TPSA) is 85.4 Å². The van der Waals surface area contributed by atoms with Crippen molar-refractivity contribution in [3.63, 3.8) is 0 Å². The van der Waals surface area contributed by atoms with Crippen LogP contribution >= 0.6 is 0 Å². The summed E-state index contributed by atoms with van der Waals surface area (Å²) in [4.78, 5) is 14.2. The molecular weight excluding hydrogens is 416 g/mol. The molecule has 5 nitrogen and oxygen atoms in total. The van der Waals surface area contributed by atoms with E-state index < -0.39 is 41.7 Å². The van der Waals surface area contributed by atoms with E-state index in [1.54, 1.807) is 19.1 Å². The lowest BCUT2D eigenvalue weighted by Crippen LogP contribution is -2.55. The van der Waals surface area contributed by atoms with Gasteiger partial charge in [0.25, 0.3) is 0 Å². The number of alkyl halides is 3. The summed E-state index contributed by atoms with van der Waals surface area (Å²) in [7, 11) is 0. The second kappa shape index (κ2) is 7.26. The van der Waals surface area contributed by atoms with E-state index in [0.717, 1.165) is 12.1 Å². The minimum absolute atomic E-state index is 0.0294. The predicted molar refractivity (Wildman–Crippen MR) is 108 cm³/mol. The number of phenols is 1. The fraction of sp³-hybridized carbons (Fsp3) is 0.318. The number of hydrogen-bond acceptors (Lipinski definition) is 4. The normalized spacial score (nSPS) is 23.5. The van der Waals surface area contributed by atoms with Gasteiger partial charge in [-0.15, -0.1) is 0 Å². The van der Waals surface area contributed by atoms with Crippen molar-refractivity contribution in [3.05, 3.63) is 69.8 Å². The van der Waals surface area contributed by atoms with Crippen LogP contribution in [-0.4, -0.2) is 27.0 Å². The molecule has 1 aromatic heterocycles. The third kappa shape index (κ3) is 3.33. The standard InChI is InChI=1S/C22H20F4N2O3/c1-2-11-10-21(31,22(24,25)26)20(13-6-8-14(23)19(30)18(11)13)28-16-5-3-4-15-12(16)7-9-17(29)27-15/h3-9,11,20,28,30-31H,2,10H2,1H3,(H,27,29)/t11-,20?,21-/m1/s1. The molecule has 0 bridgehead atoms. The Kier molecular flexibility index (Phi) is 4.96. The van der Waals surface area contributed by atoms with Crippen molar-refractivity contribution >= 4 is 16.6 Å². The first-order chi connectivity index (χ1) is 14.6. The van der Waals surface area contributed by atoms with Crippen LogP contribution < -0.4 is 10.9 Å². The van der Waals surface area contributed by atoms with Gasteiger partial charge in [0.05, 0.1) is 11.6 Å². The van der Waals surface area contributed by atoms with Crippen LogP contribution in [0.15, 0.2) is 47.3 Å². The number of aromatic hydroxyl groups is 1. The number of nitrogens with one attached hydrogen (secondary N) is 2. The SMILES string of the molecule is CC[C@@H]1C[C@](O)(C(F)(F)F)C(Nc2cccc3[nH]c(=O)ccc23)c2ccc(F)c(O)c21. The third-order valence-corrected chi connectivity index (χ3v) is 6.00. The van der Waals surface area contributed by atoms with Crippen LogP contribution in [0.2, 0.25) is 0 Å². The number of phenolic OH excluding ortho intramolecular Hbond substituents is 1. The molecule has 4 rings (SSSR count). The first kappa shape index (κ1) is 21.2. The maximum absolute atomic E-state index is 14.2. The zero-order chi connectivity index (χ0) is 22.6. The number of fused-ring (bicyclic) bond motifs is 2. The van der Waals surface area contributed by atoms with Crippen LogP contribution in [0.1, 0.15) is 42.9 Å². The van der Waals surface area contributed by atoms with Crippen LogP contribution in [-0.2, 0) is 0 Å². The quantitative estimate of drug-likeness (QED) is 0.448. The maximum atomic E-state index is 14.2. The molecule has 3 atom stereocenters. The number of benzene rings is 2. The summed E-state index contributed by atoms with van der Waals surface area (Å²) in [6.45, 7) is 1.62. The van der Waals surface area contributed by atoms with E-state index in [1.165, 1.54) is 18.2 Å². The second-order valence-electron chi connectivity index (χ2n) is 7.80. The van der Waals surface area contributed by atoms with E-state index in [4.69, 9.17) is 0 Å². The number of aromatic amines is 1. The monoisotopic (exact) mass is 436 g/mol. The lowest BCUT2D eigenvalue weighted by Gasteiger charge is -2.45. The molecule has 1 aliphatic carbocycles. The molecule has 0 spiro atoms. The Morgan fingerprint density at radius 3 is 2.61 bits per heavy atom. The molecule has 1 heterocycles. The molecule has 164 valence electrons. The van der Waals surface area contributed by atoms with Gasteiger partial charge < -0.3 is 20.5 Å². The summed E-state index contributed by atoms with van der Waals surface area (Å²) in [5.41, 5.74) is -2.87. The van der Waals surface area contributed by atoms with Crippen molar-refractivity contribution < 1.29 is 27.8 Å². The van der Waals surface area contributed by atoms with Crippen molar-refractivity contribution in [2.24, 2.45) is 0 Å². The number of aliphatic hydroxyl groups is 1. The molecule has 1 unspecified atom stereocenters. The lowest BCUT2D eigenvalue weighted by molar-refractivity contribution is -0.272. The molecular formula is C22H20F4N2O3. The molecule has 0 saturated heterocycles. The molecule has 1 aliphatic rings. The highest BCUT2D eigenvalue weighted by Crippen LogP contribution is 2.55. The summed E-state index contributed by atoms with van der Waals surface area (Å²) < 4.78 is 56.5. The minimum Gasteiger partial charge on any atom is -0.505 e. The molecule has 4 N–H and O–H groups in total. The molecule has 9 heteroatoms. The molecule has 0 amide bonds. The summed E-state index contributed by atoms with van der Waals surface area (Å²) in [5.74, 6) is -2.53. The number of pyridine rings is 1. The van der Waals surface area contributed by atoms with Crippen molar-refractivity contribution in [1.82, 2.24) is 4.98 Å². The Balaban J connectivity index is 1.94. The Morgan fingerprint density at radius 1 is 1.19 bits per heavy atom. The van der Waals surface area contributed by atoms with Gasteiger partial charge in [-0.3, -0.25) is 4.79 Å². The third-order valence-electron chi connectivity index (χ3n) is 6.00. The number of H-pyrrole nitrogens is 1. The zero-order valence-electron chi connectivity index (χ0n) is 16.4. The Morgan fingerprint density at radius 2 is 1.94 bits per heavy atom. The molecule has 2 aromatic carbocycles. The highest BCUT2D eigenvalue weighted by atomic mass is 19.4. The van der Waals surface area contributed by atoms with Gasteiger partial charge in [-0.1, -0.05) is 19.1 Å². The summed E-state index contributed by atoms with van der Waals surface area (Å²) >= 11 is 0. The Bertz CT molecular complexity index is 1210. The number of hydrogen-bond donors (Lipinski definition) is 4. The number of aromatic nitrogens is 1. The highest BCUT2D eigenvalue weighted by molar-refractivity contribution is 5.91. The van der Waals surface area contributed by atoms with Gasteiger partial charge in [0.1, 0.15) is 0 Å². The van der Waals surface area contributed by atoms with Crippen LogP contribution in [0.25, 0.3) is 10.9 Å². The van der Waals surface area contributed by atoms with E-state index >= 15 is 0 Å². The first-order valence-corrected chi connectivity index (χ1v) is 9.75. The van der Waals surface area contributed by atoms with E-state index in [9.17, 15) is 32.6 Å². The maximum Gasteiger partial charge on any atom is 0.419 e. The van der Waals surface area contributed by atoms with Gasteiger partial charge in [0, 0.05) is 22.7 Å². The zero-order valence-corrected chi connectivity index (χ0v) is 16.4. The molecule has 3 aromatic rings. The van der Waals surface area contributed by atoms with Crippen LogP contribution in [0, 0.1) is 5.82 Å². The molecule has 0 saturated carbocycles. The average Bonchev–Trinajstić information content (AvgIpc) is 2.71. The van der Waals surface area contributed by atoms with Gasteiger partial charge in [-0.2, -0.15) is 13.2 Å². The first-order valence-electron chi connectivity index (χ1n) is 9.75. The van der Waals surface area contributed by atoms with Gasteiger partial charge in [-0.25, -0.2) is 4.39 Å². The number of halogens is 4. The Hall–Kier alpha value is -3.07. The van der Waals surface area contributed by atoms with E-state index in [2.05, 4.69) is 10.3 Å². The van der Waals surface area contributed by atoms with Crippen molar-refractivity contribution in [2.45, 2.75) is 43.5 Å². The van der Waals surface area contributed by atoms with Gasteiger partial charge in [0.15, 0.2) is 17.2 Å². The number of anilines is 1. The van der Waals surface area contributed by atoms with Gasteiger partial charge in [-0.05, 0) is 48.6 Å². The fourth-order valence-electron chi connectivity index (χ4n) is 4.42. The van der Waals surface area contributed by atoms with Crippen LogP contribution in [0.4, 0.5) is 23.2 Å². The average molecular weight is 436 g/mol. The Labute approximate surface area is 174 Å². The molecule has 0 fully saturated rings. The second-order valence-corrected chi connectivity index (χ2v) is 7.80. The van der Waals surface area contributed by atoms with E-state index in [0.29, 0.717) is 10.9 Å². The van der Waals surface area contributed by atoms with Crippen molar-refractivity contribution in [2.75, 3.05) is 5.32 Å². The lowest BCUT2D eigenvalue weighted by atomic mass is 9.69. The predicted octanol–water partition coefficient (Wildman–Crippen LogP) is 4.72. The van der Waals surface area contributed by atoms with E-state index in [-0.39, 0.29) is 28.8 Å². The van der Waals surface area contributed by atoms with Crippen LogP contribution in [0.3, 0.4) is 0 Å². The van der Waals surface area contributed by atoms with Gasteiger partial charge in [0.2, 0.25) is 5.56 Å². The molecule has 0 radical (unpaired) electrons. The summed E-state index contributed by atoms with van der Waals surface area (Å²) in [5, 5.41) is 24.4. The minimum atomic E-state index is -5.00. The van der Waals surface area contributed by atoms with E-state index in [1.807, 2.05) is 0 Å². The van der Waals surface area contributed by atoms with Gasteiger partial charge >= 0.3 is 6.18 Å². The molecule has 0 aliphatic heterocycles. The summed E-state index contributed by atoms with van der Waals surface area (Å²) in [6, 6.07) is 7.71. The van der Waals surface area contributed by atoms with Crippen molar-refractivity contribution in [3.8, 4) is 5.75 Å². The smallest absolute Gasteiger partial charge is 0.419 e.